The molecular formula is C18H15BrClN3O2. The van der Waals surface area contributed by atoms with Gasteiger partial charge in [-0.3, -0.25) is 9.55 Å². The molecule has 25 heavy (non-hydrogen) atoms. The molecule has 3 aromatic rings. The summed E-state index contributed by atoms with van der Waals surface area (Å²) in [6.45, 7) is 4.00. The summed E-state index contributed by atoms with van der Waals surface area (Å²) in [5.41, 5.74) is 2.79. The van der Waals surface area contributed by atoms with Crippen LogP contribution in [-0.4, -0.2) is 27.1 Å². The van der Waals surface area contributed by atoms with Crippen molar-refractivity contribution >= 4 is 33.5 Å². The molecule has 2 heterocycles. The number of carbonyl (C=O) groups is 1. The van der Waals surface area contributed by atoms with E-state index in [-0.39, 0.29) is 12.3 Å². The fourth-order valence-electron chi connectivity index (χ4n) is 2.46. The van der Waals surface area contributed by atoms with Gasteiger partial charge in [0.15, 0.2) is 5.69 Å². The highest BCUT2D eigenvalue weighted by atomic mass is 79.9. The number of benzene rings is 1. The SMILES string of the molecule is CCOC(=O)c1nc(-c2cccnc2)n(-c2cc(Cl)ccc2C)c1Br. The molecule has 0 N–H and O–H groups in total. The van der Waals surface area contributed by atoms with Crippen molar-refractivity contribution in [2.45, 2.75) is 13.8 Å². The Labute approximate surface area is 158 Å². The zero-order valence-corrected chi connectivity index (χ0v) is 16.0. The Morgan fingerprint density at radius 3 is 2.84 bits per heavy atom. The first-order valence-electron chi connectivity index (χ1n) is 7.65. The summed E-state index contributed by atoms with van der Waals surface area (Å²) in [6, 6.07) is 9.27. The minimum Gasteiger partial charge on any atom is -0.461 e. The first-order chi connectivity index (χ1) is 12.0. The second-order valence-corrected chi connectivity index (χ2v) is 6.49. The van der Waals surface area contributed by atoms with E-state index >= 15 is 0 Å². The molecule has 0 aliphatic carbocycles. The molecule has 0 unspecified atom stereocenters. The van der Waals surface area contributed by atoms with E-state index in [9.17, 15) is 4.79 Å². The maximum atomic E-state index is 12.3. The van der Waals surface area contributed by atoms with Crippen LogP contribution in [0.2, 0.25) is 5.02 Å². The first kappa shape index (κ1) is 17.6. The Kier molecular flexibility index (Phi) is 5.20. The van der Waals surface area contributed by atoms with Crippen LogP contribution in [-0.2, 0) is 4.74 Å². The van der Waals surface area contributed by atoms with Crippen molar-refractivity contribution in [1.82, 2.24) is 14.5 Å². The maximum Gasteiger partial charge on any atom is 0.359 e. The van der Waals surface area contributed by atoms with Gasteiger partial charge in [0.1, 0.15) is 10.4 Å². The lowest BCUT2D eigenvalue weighted by atomic mass is 10.2. The van der Waals surface area contributed by atoms with Gasteiger partial charge in [0.05, 0.1) is 12.3 Å². The lowest BCUT2D eigenvalue weighted by molar-refractivity contribution is 0.0519. The zero-order chi connectivity index (χ0) is 18.0. The molecule has 3 rings (SSSR count). The van der Waals surface area contributed by atoms with Crippen molar-refractivity contribution in [3.63, 3.8) is 0 Å². The maximum absolute atomic E-state index is 12.3. The highest BCUT2D eigenvalue weighted by molar-refractivity contribution is 9.10. The number of hydrogen-bond donors (Lipinski definition) is 0. The van der Waals surface area contributed by atoms with Crippen molar-refractivity contribution in [2.75, 3.05) is 6.61 Å². The van der Waals surface area contributed by atoms with Crippen LogP contribution in [0.1, 0.15) is 23.0 Å². The third-order valence-electron chi connectivity index (χ3n) is 3.62. The van der Waals surface area contributed by atoms with Gasteiger partial charge in [-0.05, 0) is 59.6 Å². The molecule has 0 amide bonds. The second kappa shape index (κ2) is 7.37. The number of imidazole rings is 1. The second-order valence-electron chi connectivity index (χ2n) is 5.30. The standard InChI is InChI=1S/C18H15BrClN3O2/c1-3-25-18(24)15-16(19)23(14-9-13(20)7-6-11(14)2)17(22-15)12-5-4-8-21-10-12/h4-10H,3H2,1-2H3. The van der Waals surface area contributed by atoms with E-state index in [1.54, 1.807) is 19.3 Å². The smallest absolute Gasteiger partial charge is 0.359 e. The molecule has 0 aliphatic rings. The topological polar surface area (TPSA) is 57.0 Å². The molecule has 0 bridgehead atoms. The lowest BCUT2D eigenvalue weighted by Crippen LogP contribution is -2.06. The zero-order valence-electron chi connectivity index (χ0n) is 13.7. The fourth-order valence-corrected chi connectivity index (χ4v) is 3.24. The van der Waals surface area contributed by atoms with Crippen LogP contribution in [0.15, 0.2) is 47.3 Å². The van der Waals surface area contributed by atoms with Crippen LogP contribution in [0.4, 0.5) is 0 Å². The van der Waals surface area contributed by atoms with Gasteiger partial charge in [0.25, 0.3) is 0 Å². The van der Waals surface area contributed by atoms with Crippen molar-refractivity contribution in [1.29, 1.82) is 0 Å². The van der Waals surface area contributed by atoms with Crippen LogP contribution >= 0.6 is 27.5 Å². The van der Waals surface area contributed by atoms with E-state index in [1.807, 2.05) is 41.8 Å². The Balaban J connectivity index is 2.28. The number of nitrogens with zero attached hydrogens (tertiary/aromatic N) is 3. The van der Waals surface area contributed by atoms with Gasteiger partial charge >= 0.3 is 5.97 Å². The summed E-state index contributed by atoms with van der Waals surface area (Å²) >= 11 is 9.69. The van der Waals surface area contributed by atoms with E-state index < -0.39 is 5.97 Å². The molecule has 128 valence electrons. The molecule has 0 spiro atoms. The number of halogens is 2. The molecule has 0 fully saturated rings. The average Bonchev–Trinajstić information content (AvgIpc) is 2.95. The van der Waals surface area contributed by atoms with Crippen LogP contribution < -0.4 is 0 Å². The van der Waals surface area contributed by atoms with Crippen LogP contribution in [0, 0.1) is 6.92 Å². The third-order valence-corrected chi connectivity index (χ3v) is 4.59. The molecule has 7 heteroatoms. The number of esters is 1. The fraction of sp³-hybridized carbons (Fsp3) is 0.167. The predicted molar refractivity (Wildman–Crippen MR) is 100 cm³/mol. The number of pyridine rings is 1. The summed E-state index contributed by atoms with van der Waals surface area (Å²) in [6.07, 6.45) is 3.38. The van der Waals surface area contributed by atoms with E-state index in [1.165, 1.54) is 0 Å². The summed E-state index contributed by atoms with van der Waals surface area (Å²) < 4.78 is 7.46. The predicted octanol–water partition coefficient (Wildman–Crippen LogP) is 4.84. The highest BCUT2D eigenvalue weighted by Crippen LogP contribution is 2.32. The van der Waals surface area contributed by atoms with Gasteiger partial charge in [-0.2, -0.15) is 0 Å². The number of hydrogen-bond acceptors (Lipinski definition) is 4. The van der Waals surface area contributed by atoms with Crippen LogP contribution in [0.5, 0.6) is 0 Å². The molecule has 0 aliphatic heterocycles. The molecule has 0 radical (unpaired) electrons. The summed E-state index contributed by atoms with van der Waals surface area (Å²) in [5, 5.41) is 0.594. The minimum atomic E-state index is -0.488. The monoisotopic (exact) mass is 419 g/mol. The molecule has 0 saturated heterocycles. The normalized spacial score (nSPS) is 10.7. The summed E-state index contributed by atoms with van der Waals surface area (Å²) in [5.74, 6) is 0.0892. The van der Waals surface area contributed by atoms with Crippen molar-refractivity contribution in [3.05, 3.63) is 63.6 Å². The van der Waals surface area contributed by atoms with E-state index in [4.69, 9.17) is 16.3 Å². The molecule has 0 atom stereocenters. The Morgan fingerprint density at radius 1 is 1.36 bits per heavy atom. The van der Waals surface area contributed by atoms with Gasteiger partial charge in [-0.1, -0.05) is 17.7 Å². The highest BCUT2D eigenvalue weighted by Gasteiger charge is 2.24. The van der Waals surface area contributed by atoms with Gasteiger partial charge < -0.3 is 4.74 Å². The van der Waals surface area contributed by atoms with E-state index in [2.05, 4.69) is 25.9 Å². The van der Waals surface area contributed by atoms with E-state index in [0.717, 1.165) is 16.8 Å². The van der Waals surface area contributed by atoms with E-state index in [0.29, 0.717) is 15.5 Å². The van der Waals surface area contributed by atoms with Crippen molar-refractivity contribution in [2.24, 2.45) is 0 Å². The molecule has 0 saturated carbocycles. The summed E-state index contributed by atoms with van der Waals surface area (Å²) in [7, 11) is 0. The molecule has 5 nitrogen and oxygen atoms in total. The van der Waals surface area contributed by atoms with Gasteiger partial charge in [-0.25, -0.2) is 9.78 Å². The first-order valence-corrected chi connectivity index (χ1v) is 8.82. The Bertz CT molecular complexity index is 926. The van der Waals surface area contributed by atoms with Crippen LogP contribution in [0.25, 0.3) is 17.1 Å². The third kappa shape index (κ3) is 3.45. The number of carbonyl (C=O) groups excluding carboxylic acids is 1. The molecule has 2 aromatic heterocycles. The van der Waals surface area contributed by atoms with Gasteiger partial charge in [-0.15, -0.1) is 0 Å². The van der Waals surface area contributed by atoms with Gasteiger partial charge in [0, 0.05) is 23.0 Å². The Hall–Kier alpha value is -2.18. The van der Waals surface area contributed by atoms with Crippen LogP contribution in [0.3, 0.4) is 0 Å². The lowest BCUT2D eigenvalue weighted by Gasteiger charge is -2.12. The van der Waals surface area contributed by atoms with Crippen molar-refractivity contribution in [3.8, 4) is 17.1 Å². The number of aromatic nitrogens is 3. The van der Waals surface area contributed by atoms with Crippen molar-refractivity contribution < 1.29 is 9.53 Å². The quantitative estimate of drug-likeness (QED) is 0.567. The largest absolute Gasteiger partial charge is 0.461 e. The Morgan fingerprint density at radius 2 is 2.16 bits per heavy atom. The molecular weight excluding hydrogens is 406 g/mol. The number of rotatable bonds is 4. The minimum absolute atomic E-state index is 0.208. The van der Waals surface area contributed by atoms with Gasteiger partial charge in [0.2, 0.25) is 0 Å². The number of ether oxygens (including phenoxy) is 1. The average molecular weight is 421 g/mol. The molecule has 1 aromatic carbocycles. The summed E-state index contributed by atoms with van der Waals surface area (Å²) in [4.78, 5) is 20.9. The number of aryl methyl sites for hydroxylation is 1.